The van der Waals surface area contributed by atoms with E-state index in [-0.39, 0.29) is 12.0 Å². The largest absolute Gasteiger partial charge is 0.388 e. The molecule has 1 heteroatoms. The van der Waals surface area contributed by atoms with Crippen LogP contribution in [0.1, 0.15) is 63.3 Å². The first-order valence-corrected chi connectivity index (χ1v) is 6.89. The Kier molecular flexibility index (Phi) is 5.70. The molecule has 0 aliphatic heterocycles. The van der Waals surface area contributed by atoms with E-state index in [9.17, 15) is 5.11 Å². The third-order valence-electron chi connectivity index (χ3n) is 3.22. The summed E-state index contributed by atoms with van der Waals surface area (Å²) >= 11 is 0. The SMILES string of the molecule is CCCc1ccc(C(O)C(C)C)c(CCC)c1. The Morgan fingerprint density at radius 3 is 2.24 bits per heavy atom. The molecule has 0 aromatic heterocycles. The van der Waals surface area contributed by atoms with E-state index in [1.165, 1.54) is 17.5 Å². The molecule has 1 rings (SSSR count). The summed E-state index contributed by atoms with van der Waals surface area (Å²) < 4.78 is 0. The van der Waals surface area contributed by atoms with Gasteiger partial charge in [-0.2, -0.15) is 0 Å². The second kappa shape index (κ2) is 6.80. The van der Waals surface area contributed by atoms with Gasteiger partial charge in [-0.15, -0.1) is 0 Å². The van der Waals surface area contributed by atoms with Gasteiger partial charge in [0.15, 0.2) is 0 Å². The highest BCUT2D eigenvalue weighted by atomic mass is 16.3. The zero-order chi connectivity index (χ0) is 12.8. The minimum absolute atomic E-state index is 0.280. The Morgan fingerprint density at radius 2 is 1.71 bits per heavy atom. The first-order valence-electron chi connectivity index (χ1n) is 6.89. The predicted octanol–water partition coefficient (Wildman–Crippen LogP) is 4.28. The van der Waals surface area contributed by atoms with Crippen LogP contribution >= 0.6 is 0 Å². The van der Waals surface area contributed by atoms with E-state index >= 15 is 0 Å². The zero-order valence-corrected chi connectivity index (χ0v) is 11.7. The Bertz CT molecular complexity index is 341. The molecule has 1 unspecified atom stereocenters. The molecule has 1 nitrogen and oxygen atoms in total. The third kappa shape index (κ3) is 3.85. The predicted molar refractivity (Wildman–Crippen MR) is 74.2 cm³/mol. The highest BCUT2D eigenvalue weighted by Crippen LogP contribution is 2.26. The normalized spacial score (nSPS) is 13.1. The summed E-state index contributed by atoms with van der Waals surface area (Å²) in [5.74, 6) is 0.280. The number of aliphatic hydroxyl groups excluding tert-OH is 1. The number of rotatable bonds is 6. The molecule has 1 aromatic carbocycles. The summed E-state index contributed by atoms with van der Waals surface area (Å²) in [4.78, 5) is 0. The minimum Gasteiger partial charge on any atom is -0.388 e. The van der Waals surface area contributed by atoms with Gasteiger partial charge < -0.3 is 5.11 Å². The van der Waals surface area contributed by atoms with Crippen molar-refractivity contribution in [2.75, 3.05) is 0 Å². The topological polar surface area (TPSA) is 20.2 Å². The molecule has 0 spiro atoms. The lowest BCUT2D eigenvalue weighted by Gasteiger charge is -2.19. The van der Waals surface area contributed by atoms with Crippen molar-refractivity contribution in [1.82, 2.24) is 0 Å². The van der Waals surface area contributed by atoms with Crippen molar-refractivity contribution in [2.45, 2.75) is 59.5 Å². The molecular formula is C16H26O. The van der Waals surface area contributed by atoms with Crippen LogP contribution in [0.3, 0.4) is 0 Å². The van der Waals surface area contributed by atoms with Crippen molar-refractivity contribution in [3.05, 3.63) is 34.9 Å². The first-order chi connectivity index (χ1) is 8.10. The van der Waals surface area contributed by atoms with Crippen LogP contribution in [0, 0.1) is 5.92 Å². The molecule has 0 aliphatic carbocycles. The van der Waals surface area contributed by atoms with Gasteiger partial charge in [-0.3, -0.25) is 0 Å². The van der Waals surface area contributed by atoms with Gasteiger partial charge in [-0.25, -0.2) is 0 Å². The van der Waals surface area contributed by atoms with Gasteiger partial charge in [0.2, 0.25) is 0 Å². The molecule has 0 saturated heterocycles. The maximum Gasteiger partial charge on any atom is 0.0815 e. The van der Waals surface area contributed by atoms with Crippen molar-refractivity contribution in [2.24, 2.45) is 5.92 Å². The second-order valence-corrected chi connectivity index (χ2v) is 5.22. The minimum atomic E-state index is -0.327. The summed E-state index contributed by atoms with van der Waals surface area (Å²) in [5.41, 5.74) is 3.86. The number of hydrogen-bond donors (Lipinski definition) is 1. The summed E-state index contributed by atoms with van der Waals surface area (Å²) in [7, 11) is 0. The molecule has 0 radical (unpaired) electrons. The molecule has 0 aliphatic rings. The molecule has 17 heavy (non-hydrogen) atoms. The number of aryl methyl sites for hydroxylation is 2. The van der Waals surface area contributed by atoms with Crippen LogP contribution in [-0.2, 0) is 12.8 Å². The third-order valence-corrected chi connectivity index (χ3v) is 3.22. The lowest BCUT2D eigenvalue weighted by atomic mass is 9.91. The standard InChI is InChI=1S/C16H26O/c1-5-7-13-9-10-15(16(17)12(3)4)14(11-13)8-6-2/h9-12,16-17H,5-8H2,1-4H3. The second-order valence-electron chi connectivity index (χ2n) is 5.22. The fourth-order valence-corrected chi connectivity index (χ4v) is 2.24. The molecule has 0 saturated carbocycles. The average Bonchev–Trinajstić information content (AvgIpc) is 2.29. The van der Waals surface area contributed by atoms with E-state index in [1.54, 1.807) is 0 Å². The van der Waals surface area contributed by atoms with Gasteiger partial charge in [-0.1, -0.05) is 58.7 Å². The van der Waals surface area contributed by atoms with Gasteiger partial charge >= 0.3 is 0 Å². The van der Waals surface area contributed by atoms with Crippen molar-refractivity contribution >= 4 is 0 Å². The van der Waals surface area contributed by atoms with E-state index < -0.39 is 0 Å². The van der Waals surface area contributed by atoms with Crippen molar-refractivity contribution in [3.63, 3.8) is 0 Å². The Labute approximate surface area is 106 Å². The molecule has 1 aromatic rings. The van der Waals surface area contributed by atoms with Gasteiger partial charge in [-0.05, 0) is 35.4 Å². The first kappa shape index (κ1) is 14.2. The Morgan fingerprint density at radius 1 is 1.06 bits per heavy atom. The Hall–Kier alpha value is -0.820. The number of aliphatic hydroxyl groups is 1. The van der Waals surface area contributed by atoms with Crippen molar-refractivity contribution < 1.29 is 5.11 Å². The quantitative estimate of drug-likeness (QED) is 0.779. The molecule has 0 bridgehead atoms. The average molecular weight is 234 g/mol. The molecule has 0 heterocycles. The zero-order valence-electron chi connectivity index (χ0n) is 11.7. The highest BCUT2D eigenvalue weighted by Gasteiger charge is 2.15. The van der Waals surface area contributed by atoms with Gasteiger partial charge in [0.05, 0.1) is 6.10 Å². The lowest BCUT2D eigenvalue weighted by molar-refractivity contribution is 0.126. The van der Waals surface area contributed by atoms with Crippen LogP contribution in [0.15, 0.2) is 18.2 Å². The van der Waals surface area contributed by atoms with E-state index in [0.717, 1.165) is 24.8 Å². The van der Waals surface area contributed by atoms with E-state index in [0.29, 0.717) is 0 Å². The van der Waals surface area contributed by atoms with Crippen LogP contribution < -0.4 is 0 Å². The van der Waals surface area contributed by atoms with Gasteiger partial charge in [0.25, 0.3) is 0 Å². The van der Waals surface area contributed by atoms with Crippen molar-refractivity contribution in [3.8, 4) is 0 Å². The molecule has 1 atom stereocenters. The van der Waals surface area contributed by atoms with Crippen molar-refractivity contribution in [1.29, 1.82) is 0 Å². The van der Waals surface area contributed by atoms with E-state index in [4.69, 9.17) is 0 Å². The summed E-state index contributed by atoms with van der Waals surface area (Å²) in [6, 6.07) is 6.58. The monoisotopic (exact) mass is 234 g/mol. The molecule has 0 amide bonds. The highest BCUT2D eigenvalue weighted by molar-refractivity contribution is 5.34. The lowest BCUT2D eigenvalue weighted by Crippen LogP contribution is -2.09. The van der Waals surface area contributed by atoms with Gasteiger partial charge in [0, 0.05) is 0 Å². The van der Waals surface area contributed by atoms with Crippen LogP contribution in [0.2, 0.25) is 0 Å². The van der Waals surface area contributed by atoms with E-state index in [2.05, 4.69) is 45.9 Å². The molecule has 96 valence electrons. The fourth-order valence-electron chi connectivity index (χ4n) is 2.24. The van der Waals surface area contributed by atoms with Crippen LogP contribution in [0.25, 0.3) is 0 Å². The van der Waals surface area contributed by atoms with Crippen LogP contribution in [0.5, 0.6) is 0 Å². The number of benzene rings is 1. The molecular weight excluding hydrogens is 208 g/mol. The fraction of sp³-hybridized carbons (Fsp3) is 0.625. The van der Waals surface area contributed by atoms with E-state index in [1.807, 2.05) is 0 Å². The molecule has 1 N–H and O–H groups in total. The summed E-state index contributed by atoms with van der Waals surface area (Å²) in [6.45, 7) is 8.54. The number of hydrogen-bond acceptors (Lipinski definition) is 1. The summed E-state index contributed by atoms with van der Waals surface area (Å²) in [5, 5.41) is 10.2. The maximum absolute atomic E-state index is 10.2. The van der Waals surface area contributed by atoms with Crippen LogP contribution in [-0.4, -0.2) is 5.11 Å². The van der Waals surface area contributed by atoms with Crippen LogP contribution in [0.4, 0.5) is 0 Å². The molecule has 0 fully saturated rings. The smallest absolute Gasteiger partial charge is 0.0815 e. The Balaban J connectivity index is 3.03. The van der Waals surface area contributed by atoms with Gasteiger partial charge in [0.1, 0.15) is 0 Å². The summed E-state index contributed by atoms with van der Waals surface area (Å²) in [6.07, 6.45) is 4.18. The maximum atomic E-state index is 10.2.